The molecule has 88 valence electrons. The van der Waals surface area contributed by atoms with E-state index in [-0.39, 0.29) is 0 Å². The van der Waals surface area contributed by atoms with Crippen LogP contribution in [0, 0.1) is 19.3 Å². The number of rotatable bonds is 1. The molecule has 0 aromatic carbocycles. The Hall–Kier alpha value is -0.670. The maximum Gasteiger partial charge on any atom is 0.141 e. The zero-order chi connectivity index (χ0) is 11.8. The lowest BCUT2D eigenvalue weighted by atomic mass is 10.2. The van der Waals surface area contributed by atoms with E-state index in [0.717, 1.165) is 16.0 Å². The van der Waals surface area contributed by atoms with Crippen LogP contribution in [0.5, 0.6) is 0 Å². The Kier molecular flexibility index (Phi) is 1.82. The fourth-order valence-corrected chi connectivity index (χ4v) is 4.21. The van der Waals surface area contributed by atoms with Gasteiger partial charge in [0, 0.05) is 10.8 Å². The normalized spacial score (nSPS) is 24.5. The summed E-state index contributed by atoms with van der Waals surface area (Å²) in [7, 11) is 0. The topological polar surface area (TPSA) is 25.8 Å². The Balaban J connectivity index is 1.90. The molecule has 2 aliphatic rings. The molecule has 0 saturated heterocycles. The van der Waals surface area contributed by atoms with Crippen molar-refractivity contribution in [3.63, 3.8) is 0 Å². The number of fused-ring (bicyclic) bond motifs is 1. The molecule has 0 bridgehead atoms. The minimum atomic E-state index is 0.590. The summed E-state index contributed by atoms with van der Waals surface area (Å²) in [5.41, 5.74) is 1.83. The maximum atomic E-state index is 6.32. The van der Waals surface area contributed by atoms with Crippen LogP contribution in [0.1, 0.15) is 41.4 Å². The monoisotopic (exact) mass is 264 g/mol. The van der Waals surface area contributed by atoms with Gasteiger partial charge in [-0.1, -0.05) is 11.6 Å². The van der Waals surface area contributed by atoms with Crippen LogP contribution in [0.3, 0.4) is 0 Å². The van der Waals surface area contributed by atoms with Crippen molar-refractivity contribution in [3.8, 4) is 0 Å². The van der Waals surface area contributed by atoms with E-state index in [1.807, 2.05) is 0 Å². The second kappa shape index (κ2) is 3.01. The van der Waals surface area contributed by atoms with Gasteiger partial charge in [-0.05, 0) is 44.1 Å². The molecule has 2 saturated carbocycles. The third-order valence-electron chi connectivity index (χ3n) is 4.40. The standard InChI is InChI=1S/C13H13ClN2S/c1-6-7(2)17-12-9(6)10(14)15-11(16-12)8-5-13(8)3-4-13/h8H,3-5H2,1-2H3. The molecule has 2 aromatic heterocycles. The van der Waals surface area contributed by atoms with Crippen LogP contribution < -0.4 is 0 Å². The summed E-state index contributed by atoms with van der Waals surface area (Å²) >= 11 is 8.06. The summed E-state index contributed by atoms with van der Waals surface area (Å²) < 4.78 is 0. The van der Waals surface area contributed by atoms with E-state index in [9.17, 15) is 0 Å². The highest BCUT2D eigenvalue weighted by molar-refractivity contribution is 7.18. The minimum absolute atomic E-state index is 0.590. The molecule has 1 spiro atoms. The van der Waals surface area contributed by atoms with Crippen LogP contribution in [-0.2, 0) is 0 Å². The second-order valence-corrected chi connectivity index (χ2v) is 7.02. The SMILES string of the molecule is Cc1sc2nc(C3CC34CC4)nc(Cl)c2c1C. The Morgan fingerprint density at radius 1 is 1.29 bits per heavy atom. The Bertz CT molecular complexity index is 642. The van der Waals surface area contributed by atoms with E-state index < -0.39 is 0 Å². The lowest BCUT2D eigenvalue weighted by Gasteiger charge is -2.00. The molecule has 0 radical (unpaired) electrons. The molecule has 2 fully saturated rings. The number of halogens is 1. The third kappa shape index (κ3) is 1.33. The lowest BCUT2D eigenvalue weighted by molar-refractivity contribution is 0.798. The van der Waals surface area contributed by atoms with Gasteiger partial charge in [0.2, 0.25) is 0 Å². The van der Waals surface area contributed by atoms with Crippen molar-refractivity contribution in [2.45, 2.75) is 39.0 Å². The van der Waals surface area contributed by atoms with Gasteiger partial charge in [0.1, 0.15) is 15.8 Å². The van der Waals surface area contributed by atoms with Crippen molar-refractivity contribution in [1.29, 1.82) is 0 Å². The molecule has 17 heavy (non-hydrogen) atoms. The molecule has 4 heteroatoms. The summed E-state index contributed by atoms with van der Waals surface area (Å²) in [6.07, 6.45) is 4.00. The molecule has 0 N–H and O–H groups in total. The molecule has 2 nitrogen and oxygen atoms in total. The number of aromatic nitrogens is 2. The number of thiophene rings is 1. The van der Waals surface area contributed by atoms with Gasteiger partial charge < -0.3 is 0 Å². The van der Waals surface area contributed by atoms with Crippen LogP contribution >= 0.6 is 22.9 Å². The smallest absolute Gasteiger partial charge is 0.141 e. The zero-order valence-corrected chi connectivity index (χ0v) is 11.5. The van der Waals surface area contributed by atoms with E-state index in [0.29, 0.717) is 16.5 Å². The van der Waals surface area contributed by atoms with E-state index in [1.165, 1.54) is 29.7 Å². The van der Waals surface area contributed by atoms with Crippen molar-refractivity contribution < 1.29 is 0 Å². The first-order valence-electron chi connectivity index (χ1n) is 6.04. The summed E-state index contributed by atoms with van der Waals surface area (Å²) in [4.78, 5) is 11.6. The van der Waals surface area contributed by atoms with Gasteiger partial charge in [-0.3, -0.25) is 0 Å². The van der Waals surface area contributed by atoms with Gasteiger partial charge in [0.25, 0.3) is 0 Å². The van der Waals surface area contributed by atoms with Crippen LogP contribution in [0.15, 0.2) is 0 Å². The molecule has 0 aliphatic heterocycles. The fourth-order valence-electron chi connectivity index (χ4n) is 2.80. The zero-order valence-electron chi connectivity index (χ0n) is 9.88. The summed E-state index contributed by atoms with van der Waals surface area (Å²) in [5.74, 6) is 1.58. The van der Waals surface area contributed by atoms with Gasteiger partial charge in [-0.2, -0.15) is 0 Å². The van der Waals surface area contributed by atoms with E-state index in [2.05, 4.69) is 18.8 Å². The van der Waals surface area contributed by atoms with Crippen molar-refractivity contribution in [2.24, 2.45) is 5.41 Å². The highest BCUT2D eigenvalue weighted by Gasteiger charge is 2.64. The Morgan fingerprint density at radius 3 is 2.71 bits per heavy atom. The van der Waals surface area contributed by atoms with Crippen LogP contribution in [0.25, 0.3) is 10.2 Å². The second-order valence-electron chi connectivity index (χ2n) is 5.46. The van der Waals surface area contributed by atoms with E-state index in [4.69, 9.17) is 16.6 Å². The Morgan fingerprint density at radius 2 is 2.06 bits per heavy atom. The molecule has 1 unspecified atom stereocenters. The van der Waals surface area contributed by atoms with Gasteiger partial charge in [0.15, 0.2) is 0 Å². The average molecular weight is 265 g/mol. The molecule has 4 rings (SSSR count). The number of aryl methyl sites for hydroxylation is 2. The quantitative estimate of drug-likeness (QED) is 0.721. The predicted molar refractivity (Wildman–Crippen MR) is 70.9 cm³/mol. The van der Waals surface area contributed by atoms with Crippen molar-refractivity contribution >= 4 is 33.2 Å². The maximum absolute atomic E-state index is 6.32. The van der Waals surface area contributed by atoms with Crippen molar-refractivity contribution in [1.82, 2.24) is 9.97 Å². The summed E-state index contributed by atoms with van der Waals surface area (Å²) in [6, 6.07) is 0. The van der Waals surface area contributed by atoms with Gasteiger partial charge in [0.05, 0.1) is 5.39 Å². The largest absolute Gasteiger partial charge is 0.222 e. The van der Waals surface area contributed by atoms with E-state index in [1.54, 1.807) is 11.3 Å². The van der Waals surface area contributed by atoms with Crippen molar-refractivity contribution in [2.75, 3.05) is 0 Å². The van der Waals surface area contributed by atoms with Crippen LogP contribution in [0.2, 0.25) is 5.15 Å². The van der Waals surface area contributed by atoms with Gasteiger partial charge in [-0.15, -0.1) is 11.3 Å². The lowest BCUT2D eigenvalue weighted by Crippen LogP contribution is -1.94. The third-order valence-corrected chi connectivity index (χ3v) is 5.77. The molecular weight excluding hydrogens is 252 g/mol. The van der Waals surface area contributed by atoms with E-state index >= 15 is 0 Å². The minimum Gasteiger partial charge on any atom is -0.222 e. The molecule has 0 amide bonds. The fraction of sp³-hybridized carbons (Fsp3) is 0.538. The average Bonchev–Trinajstić information content (AvgIpc) is 3.17. The molecule has 2 aromatic rings. The molecule has 2 heterocycles. The van der Waals surface area contributed by atoms with Crippen molar-refractivity contribution in [3.05, 3.63) is 21.4 Å². The predicted octanol–water partition coefficient (Wildman–Crippen LogP) is 4.23. The first-order valence-corrected chi connectivity index (χ1v) is 7.23. The number of hydrogen-bond acceptors (Lipinski definition) is 3. The van der Waals surface area contributed by atoms with Gasteiger partial charge in [-0.25, -0.2) is 9.97 Å². The molecular formula is C13H13ClN2S. The first-order chi connectivity index (χ1) is 8.11. The molecule has 1 atom stereocenters. The first kappa shape index (κ1) is 10.3. The van der Waals surface area contributed by atoms with Crippen LogP contribution in [0.4, 0.5) is 0 Å². The highest BCUT2D eigenvalue weighted by atomic mass is 35.5. The molecule has 2 aliphatic carbocycles. The summed E-state index contributed by atoms with van der Waals surface area (Å²) in [6.45, 7) is 4.22. The summed E-state index contributed by atoms with van der Waals surface area (Å²) in [5, 5.41) is 1.71. The van der Waals surface area contributed by atoms with Gasteiger partial charge >= 0.3 is 0 Å². The number of hydrogen-bond donors (Lipinski definition) is 0. The van der Waals surface area contributed by atoms with Crippen LogP contribution in [-0.4, -0.2) is 9.97 Å². The Labute approximate surface area is 109 Å². The number of nitrogens with zero attached hydrogens (tertiary/aromatic N) is 2. The highest BCUT2D eigenvalue weighted by Crippen LogP contribution is 2.74.